The van der Waals surface area contributed by atoms with Crippen molar-refractivity contribution >= 4 is 5.78 Å². The molecule has 0 bridgehead atoms. The van der Waals surface area contributed by atoms with Gasteiger partial charge < -0.3 is 5.11 Å². The van der Waals surface area contributed by atoms with Crippen LogP contribution in [0.15, 0.2) is 12.1 Å². The van der Waals surface area contributed by atoms with Crippen LogP contribution in [0.25, 0.3) is 5.69 Å². The van der Waals surface area contributed by atoms with Crippen LogP contribution in [0.3, 0.4) is 0 Å². The van der Waals surface area contributed by atoms with Gasteiger partial charge in [0.1, 0.15) is 40.1 Å². The van der Waals surface area contributed by atoms with E-state index in [1.54, 1.807) is 0 Å². The fraction of sp³-hybridized carbons (Fsp3) is 0.105. The smallest absolute Gasteiger partial charge is 0.422 e. The molecule has 3 aromatic rings. The van der Waals surface area contributed by atoms with Crippen molar-refractivity contribution in [3.8, 4) is 17.6 Å². The summed E-state index contributed by atoms with van der Waals surface area (Å²) >= 11 is 0. The zero-order valence-electron chi connectivity index (χ0n) is 16.1. The first-order chi connectivity index (χ1) is 15.2. The minimum atomic E-state index is -5.43. The monoisotopic (exact) mass is 534 g/mol. The van der Waals surface area contributed by atoms with E-state index in [-0.39, 0.29) is 33.9 Å². The number of carbonyl (C=O) groups excluding carboxylic acids is 1. The second kappa shape index (κ2) is 9.03. The van der Waals surface area contributed by atoms with E-state index in [0.29, 0.717) is 0 Å². The number of rotatable bonds is 3. The molecule has 5 nitrogen and oxygen atoms in total. The van der Waals surface area contributed by atoms with Gasteiger partial charge in [0.15, 0.2) is 23.3 Å². The topological polar surface area (TPSA) is 78.9 Å². The Bertz CT molecular complexity index is 1330. The largest absolute Gasteiger partial charge is 0.493 e. The number of ketones is 1. The predicted octanol–water partition coefficient (Wildman–Crippen LogP) is 4.84. The molecule has 1 heterocycles. The van der Waals surface area contributed by atoms with Crippen LogP contribution in [0.2, 0.25) is 0 Å². The average Bonchev–Trinajstić information content (AvgIpc) is 2.98. The molecule has 1 N–H and O–H groups in total. The van der Waals surface area contributed by atoms with E-state index in [4.69, 9.17) is 5.26 Å². The summed E-state index contributed by atoms with van der Waals surface area (Å²) in [6.45, 7) is 0.937. The molecule has 1 aromatic heterocycles. The summed E-state index contributed by atoms with van der Waals surface area (Å²) in [7, 11) is 0. The van der Waals surface area contributed by atoms with Gasteiger partial charge in [-0.05, 0) is 19.1 Å². The Kier molecular flexibility index (Phi) is 7.11. The molecule has 1 radical (unpaired) electrons. The molecule has 0 spiro atoms. The van der Waals surface area contributed by atoms with Gasteiger partial charge in [0.05, 0.1) is 5.69 Å². The van der Waals surface area contributed by atoms with Crippen molar-refractivity contribution in [2.75, 3.05) is 0 Å². The SMILES string of the molecule is Cc1nn(-c2c(F)c(F)c(C#N)c(F)c2F)c(O)c1C(=O)c1cc(F)c(C(F)(F)F)c(F)c1.[Mn]. The molecule has 0 aliphatic rings. The van der Waals surface area contributed by atoms with Gasteiger partial charge in [-0.3, -0.25) is 4.79 Å². The van der Waals surface area contributed by atoms with Gasteiger partial charge in [0.2, 0.25) is 11.7 Å². The summed E-state index contributed by atoms with van der Waals surface area (Å²) < 4.78 is 122. The van der Waals surface area contributed by atoms with Gasteiger partial charge in [-0.1, -0.05) is 0 Å². The van der Waals surface area contributed by atoms with Crippen molar-refractivity contribution < 1.29 is 66.5 Å². The Morgan fingerprint density at radius 2 is 1.47 bits per heavy atom. The van der Waals surface area contributed by atoms with E-state index in [9.17, 15) is 49.4 Å². The molecule has 0 saturated heterocycles. The fourth-order valence-corrected chi connectivity index (χ4v) is 2.96. The van der Waals surface area contributed by atoms with Crippen molar-refractivity contribution in [1.29, 1.82) is 5.26 Å². The number of benzene rings is 2. The molecule has 0 unspecified atom stereocenters. The van der Waals surface area contributed by atoms with Crippen LogP contribution in [-0.4, -0.2) is 20.7 Å². The maximum Gasteiger partial charge on any atom is 0.422 e. The molecular weight excluding hydrogens is 528 g/mol. The minimum Gasteiger partial charge on any atom is -0.493 e. The Morgan fingerprint density at radius 3 is 1.88 bits per heavy atom. The summed E-state index contributed by atoms with van der Waals surface area (Å²) in [5, 5.41) is 22.2. The summed E-state index contributed by atoms with van der Waals surface area (Å²) in [6.07, 6.45) is -5.43. The molecule has 2 aromatic carbocycles. The summed E-state index contributed by atoms with van der Waals surface area (Å²) in [4.78, 5) is 12.6. The third kappa shape index (κ3) is 4.10. The number of carbonyl (C=O) groups is 1. The van der Waals surface area contributed by atoms with Crippen LogP contribution in [0.4, 0.5) is 39.5 Å². The summed E-state index contributed by atoms with van der Waals surface area (Å²) in [6, 6.07) is 0.906. The molecule has 0 saturated carbocycles. The number of aromatic nitrogens is 2. The molecule has 3 rings (SSSR count). The van der Waals surface area contributed by atoms with E-state index in [1.807, 2.05) is 0 Å². The van der Waals surface area contributed by atoms with Gasteiger partial charge >= 0.3 is 6.18 Å². The number of hydrogen-bond donors (Lipinski definition) is 1. The van der Waals surface area contributed by atoms with Gasteiger partial charge in [-0.25, -0.2) is 26.3 Å². The zero-order valence-corrected chi connectivity index (χ0v) is 17.3. The van der Waals surface area contributed by atoms with Crippen molar-refractivity contribution in [3.05, 3.63) is 75.0 Å². The van der Waals surface area contributed by atoms with Gasteiger partial charge in [-0.15, -0.1) is 0 Å². The number of aromatic hydroxyl groups is 1. The van der Waals surface area contributed by atoms with E-state index < -0.39 is 86.4 Å². The Balaban J connectivity index is 0.00000408. The predicted molar refractivity (Wildman–Crippen MR) is 89.3 cm³/mol. The van der Waals surface area contributed by atoms with Crippen LogP contribution in [0.5, 0.6) is 5.88 Å². The van der Waals surface area contributed by atoms with Crippen LogP contribution < -0.4 is 0 Å². The van der Waals surface area contributed by atoms with E-state index in [0.717, 1.165) is 13.0 Å². The van der Waals surface area contributed by atoms with Crippen LogP contribution >= 0.6 is 0 Å². The van der Waals surface area contributed by atoms with Gasteiger partial charge in [-0.2, -0.15) is 28.2 Å². The van der Waals surface area contributed by atoms with Crippen LogP contribution in [-0.2, 0) is 23.2 Å². The molecule has 0 aliphatic heterocycles. The number of alkyl halides is 3. The summed E-state index contributed by atoms with van der Waals surface area (Å²) in [5.41, 5.74) is -8.20. The van der Waals surface area contributed by atoms with Gasteiger partial charge in [0, 0.05) is 22.6 Å². The normalized spacial score (nSPS) is 11.2. The Hall–Kier alpha value is -3.50. The molecule has 179 valence electrons. The van der Waals surface area contributed by atoms with Crippen molar-refractivity contribution in [2.45, 2.75) is 13.1 Å². The molecule has 0 fully saturated rings. The van der Waals surface area contributed by atoms with Gasteiger partial charge in [0.25, 0.3) is 0 Å². The standard InChI is InChI=1S/C19H6F9N3O2.Mn/c1-5-10(17(32)6-2-8(20)11(9(21)3-6)19(26,27)28)18(33)31(30-5)16-14(24)12(22)7(4-29)13(23)15(16)25;/h2-3,33H,1H3;. The van der Waals surface area contributed by atoms with Crippen molar-refractivity contribution in [1.82, 2.24) is 9.78 Å². The zero-order chi connectivity index (χ0) is 25.0. The molecule has 15 heteroatoms. The third-order valence-electron chi connectivity index (χ3n) is 4.41. The van der Waals surface area contributed by atoms with Crippen molar-refractivity contribution in [3.63, 3.8) is 0 Å². The average molecular weight is 534 g/mol. The van der Waals surface area contributed by atoms with E-state index in [1.165, 1.54) is 0 Å². The first kappa shape index (κ1) is 26.7. The molecule has 0 amide bonds. The molecule has 0 atom stereocenters. The second-order valence-corrected chi connectivity index (χ2v) is 6.43. The first-order valence-corrected chi connectivity index (χ1v) is 8.38. The van der Waals surface area contributed by atoms with E-state index in [2.05, 4.69) is 5.10 Å². The van der Waals surface area contributed by atoms with Crippen LogP contribution in [0, 0.1) is 53.2 Å². The van der Waals surface area contributed by atoms with Crippen LogP contribution in [0.1, 0.15) is 32.7 Å². The Labute approximate surface area is 193 Å². The van der Waals surface area contributed by atoms with E-state index >= 15 is 0 Å². The first-order valence-electron chi connectivity index (χ1n) is 8.38. The quantitative estimate of drug-likeness (QED) is 0.226. The number of nitriles is 1. The Morgan fingerprint density at radius 1 is 1.00 bits per heavy atom. The van der Waals surface area contributed by atoms with Crippen molar-refractivity contribution in [2.24, 2.45) is 0 Å². The minimum absolute atomic E-state index is 0. The fourth-order valence-electron chi connectivity index (χ4n) is 2.96. The third-order valence-corrected chi connectivity index (χ3v) is 4.41. The maximum atomic E-state index is 14.3. The number of aryl methyl sites for hydroxylation is 1. The summed E-state index contributed by atoms with van der Waals surface area (Å²) in [5.74, 6) is -15.9. The maximum absolute atomic E-state index is 14.3. The number of nitrogens with zero attached hydrogens (tertiary/aromatic N) is 3. The molecule has 0 aliphatic carbocycles. The molecular formula is C19H6F9MnN3O2. The number of hydrogen-bond acceptors (Lipinski definition) is 4. The molecule has 34 heavy (non-hydrogen) atoms. The number of halogens is 9. The second-order valence-electron chi connectivity index (χ2n) is 6.43.